The lowest BCUT2D eigenvalue weighted by Gasteiger charge is -2.21. The van der Waals surface area contributed by atoms with Crippen molar-refractivity contribution in [2.75, 3.05) is 5.32 Å². The summed E-state index contributed by atoms with van der Waals surface area (Å²) in [4.78, 5) is 15.3. The number of nitrogens with zero attached hydrogens (tertiary/aromatic N) is 1. The molecule has 118 valence electrons. The summed E-state index contributed by atoms with van der Waals surface area (Å²) in [6.07, 6.45) is -5.31. The largest absolute Gasteiger partial charge is 0.478 e. The first-order valence-electron chi connectivity index (χ1n) is 6.47. The molecule has 2 N–H and O–H groups in total. The maximum Gasteiger partial charge on any atom is 0.391 e. The molecule has 1 heterocycles. The molecule has 0 aromatic carbocycles. The van der Waals surface area contributed by atoms with E-state index < -0.39 is 30.0 Å². The van der Waals surface area contributed by atoms with Gasteiger partial charge in [-0.3, -0.25) is 0 Å². The number of carboxylic acids is 1. The van der Waals surface area contributed by atoms with Gasteiger partial charge in [0.05, 0.1) is 12.0 Å². The zero-order valence-electron chi connectivity index (χ0n) is 12.4. The Morgan fingerprint density at radius 3 is 2.33 bits per heavy atom. The van der Waals surface area contributed by atoms with E-state index in [1.807, 2.05) is 20.8 Å². The fraction of sp³-hybridized carbons (Fsp3) is 0.571. The van der Waals surface area contributed by atoms with Gasteiger partial charge in [-0.25, -0.2) is 9.78 Å². The first kappa shape index (κ1) is 17.3. The van der Waals surface area contributed by atoms with E-state index in [2.05, 4.69) is 10.3 Å². The van der Waals surface area contributed by atoms with Gasteiger partial charge >= 0.3 is 12.1 Å². The highest BCUT2D eigenvalue weighted by atomic mass is 19.4. The molecule has 1 atom stereocenters. The molecule has 0 fully saturated rings. The van der Waals surface area contributed by atoms with Gasteiger partial charge in [-0.2, -0.15) is 13.2 Å². The van der Waals surface area contributed by atoms with E-state index in [0.717, 1.165) is 0 Å². The number of alkyl halides is 3. The Kier molecular flexibility index (Phi) is 4.86. The highest BCUT2D eigenvalue weighted by molar-refractivity contribution is 5.88. The van der Waals surface area contributed by atoms with Crippen LogP contribution in [0.15, 0.2) is 12.1 Å². The number of hydrogen-bond acceptors (Lipinski definition) is 3. The van der Waals surface area contributed by atoms with Crippen LogP contribution in [-0.2, 0) is 5.41 Å². The Morgan fingerprint density at radius 1 is 1.33 bits per heavy atom. The van der Waals surface area contributed by atoms with Gasteiger partial charge < -0.3 is 10.4 Å². The summed E-state index contributed by atoms with van der Waals surface area (Å²) in [6.45, 7) is 6.93. The number of carboxylic acid groups (broad SMARTS) is 1. The molecule has 0 amide bonds. The van der Waals surface area contributed by atoms with Crippen LogP contribution in [0.4, 0.5) is 19.0 Å². The lowest BCUT2D eigenvalue weighted by Crippen LogP contribution is -2.25. The average molecular weight is 304 g/mol. The number of nitrogens with one attached hydrogen (secondary N) is 1. The van der Waals surface area contributed by atoms with Crippen LogP contribution in [0.1, 0.15) is 50.2 Å². The van der Waals surface area contributed by atoms with E-state index in [1.54, 1.807) is 0 Å². The summed E-state index contributed by atoms with van der Waals surface area (Å²) in [5.41, 5.74) is 0.0931. The molecule has 21 heavy (non-hydrogen) atoms. The normalized spacial score (nSPS) is 13.9. The molecule has 0 saturated heterocycles. The average Bonchev–Trinajstić information content (AvgIpc) is 2.24. The molecule has 0 spiro atoms. The third-order valence-electron chi connectivity index (χ3n) is 2.77. The molecule has 0 aliphatic rings. The predicted molar refractivity (Wildman–Crippen MR) is 73.7 cm³/mol. The number of halogens is 3. The number of rotatable bonds is 4. The third kappa shape index (κ3) is 5.61. The zero-order chi connectivity index (χ0) is 16.4. The lowest BCUT2D eigenvalue weighted by molar-refractivity contribution is -0.136. The molecule has 0 aliphatic heterocycles. The van der Waals surface area contributed by atoms with E-state index in [0.29, 0.717) is 5.69 Å². The number of carbonyl (C=O) groups is 1. The topological polar surface area (TPSA) is 62.2 Å². The molecule has 1 unspecified atom stereocenters. The number of aromatic nitrogens is 1. The minimum absolute atomic E-state index is 0.00312. The molecule has 0 bridgehead atoms. The van der Waals surface area contributed by atoms with Crippen LogP contribution in [0, 0.1) is 0 Å². The minimum atomic E-state index is -4.29. The second kappa shape index (κ2) is 5.91. The second-order valence-corrected chi connectivity index (χ2v) is 6.05. The number of aromatic carboxylic acids is 1. The van der Waals surface area contributed by atoms with E-state index in [1.165, 1.54) is 19.1 Å². The van der Waals surface area contributed by atoms with Crippen molar-refractivity contribution in [1.29, 1.82) is 0 Å². The molecule has 1 aromatic rings. The number of hydrogen-bond donors (Lipinski definition) is 2. The fourth-order valence-corrected chi connectivity index (χ4v) is 1.76. The Morgan fingerprint density at radius 2 is 1.90 bits per heavy atom. The van der Waals surface area contributed by atoms with Gasteiger partial charge in [0.25, 0.3) is 0 Å². The van der Waals surface area contributed by atoms with Gasteiger partial charge in [-0.05, 0) is 19.1 Å². The molecule has 4 nitrogen and oxygen atoms in total. The van der Waals surface area contributed by atoms with Crippen molar-refractivity contribution in [3.63, 3.8) is 0 Å². The summed E-state index contributed by atoms with van der Waals surface area (Å²) >= 11 is 0. The SMILES string of the molecule is CC(CC(F)(F)F)Nc1cc(C(=O)O)cc(C(C)(C)C)n1. The van der Waals surface area contributed by atoms with Gasteiger partial charge in [0.15, 0.2) is 0 Å². The molecule has 7 heteroatoms. The molecule has 0 radical (unpaired) electrons. The van der Waals surface area contributed by atoms with E-state index in [-0.39, 0.29) is 11.4 Å². The maximum atomic E-state index is 12.3. The van der Waals surface area contributed by atoms with Crippen molar-refractivity contribution in [2.45, 2.75) is 51.7 Å². The van der Waals surface area contributed by atoms with Crippen LogP contribution in [-0.4, -0.2) is 28.3 Å². The molecule has 1 aromatic heterocycles. The van der Waals surface area contributed by atoms with Crippen molar-refractivity contribution in [3.05, 3.63) is 23.4 Å². The predicted octanol–water partition coefficient (Wildman–Crippen LogP) is 3.83. The van der Waals surface area contributed by atoms with E-state index >= 15 is 0 Å². The number of anilines is 1. The zero-order valence-corrected chi connectivity index (χ0v) is 12.4. The highest BCUT2D eigenvalue weighted by Crippen LogP contribution is 2.26. The Balaban J connectivity index is 3.06. The van der Waals surface area contributed by atoms with Gasteiger partial charge in [0.2, 0.25) is 0 Å². The number of pyridine rings is 1. The summed E-state index contributed by atoms with van der Waals surface area (Å²) in [7, 11) is 0. The molecular formula is C14H19F3N2O2. The minimum Gasteiger partial charge on any atom is -0.478 e. The standard InChI is InChI=1S/C14H19F3N2O2/c1-8(7-14(15,16)17)18-11-6-9(12(20)21)5-10(19-11)13(2,3)4/h5-6,8H,7H2,1-4H3,(H,18,19)(H,20,21). The highest BCUT2D eigenvalue weighted by Gasteiger charge is 2.30. The van der Waals surface area contributed by atoms with Crippen molar-refractivity contribution in [3.8, 4) is 0 Å². The van der Waals surface area contributed by atoms with Crippen LogP contribution in [0.3, 0.4) is 0 Å². The third-order valence-corrected chi connectivity index (χ3v) is 2.77. The summed E-state index contributed by atoms with van der Waals surface area (Å²) in [5, 5.41) is 11.7. The van der Waals surface area contributed by atoms with Crippen LogP contribution in [0.25, 0.3) is 0 Å². The second-order valence-electron chi connectivity index (χ2n) is 6.05. The van der Waals surface area contributed by atoms with Crippen molar-refractivity contribution < 1.29 is 23.1 Å². The van der Waals surface area contributed by atoms with Crippen molar-refractivity contribution in [1.82, 2.24) is 4.98 Å². The fourth-order valence-electron chi connectivity index (χ4n) is 1.76. The van der Waals surface area contributed by atoms with Crippen LogP contribution in [0.5, 0.6) is 0 Å². The van der Waals surface area contributed by atoms with Crippen molar-refractivity contribution in [2.24, 2.45) is 0 Å². The van der Waals surface area contributed by atoms with Gasteiger partial charge in [0.1, 0.15) is 5.82 Å². The Labute approximate surface area is 121 Å². The summed E-state index contributed by atoms with van der Waals surface area (Å²) in [5.74, 6) is -1.01. The van der Waals surface area contributed by atoms with Gasteiger partial charge in [0, 0.05) is 17.2 Å². The van der Waals surface area contributed by atoms with E-state index in [9.17, 15) is 18.0 Å². The molecule has 0 saturated carbocycles. The monoisotopic (exact) mass is 304 g/mol. The van der Waals surface area contributed by atoms with E-state index in [4.69, 9.17) is 5.11 Å². The quantitative estimate of drug-likeness (QED) is 0.887. The summed E-state index contributed by atoms with van der Waals surface area (Å²) < 4.78 is 37.0. The Bertz CT molecular complexity index is 522. The van der Waals surface area contributed by atoms with Crippen molar-refractivity contribution >= 4 is 11.8 Å². The first-order chi connectivity index (χ1) is 9.38. The molecule has 0 aliphatic carbocycles. The van der Waals surface area contributed by atoms with Gasteiger partial charge in [-0.1, -0.05) is 20.8 Å². The first-order valence-corrected chi connectivity index (χ1v) is 6.47. The lowest BCUT2D eigenvalue weighted by atomic mass is 9.90. The van der Waals surface area contributed by atoms with Crippen LogP contribution >= 0.6 is 0 Å². The van der Waals surface area contributed by atoms with Crippen LogP contribution < -0.4 is 5.32 Å². The Hall–Kier alpha value is -1.79. The maximum absolute atomic E-state index is 12.3. The van der Waals surface area contributed by atoms with Gasteiger partial charge in [-0.15, -0.1) is 0 Å². The molecule has 1 rings (SSSR count). The molecular weight excluding hydrogens is 285 g/mol. The smallest absolute Gasteiger partial charge is 0.391 e. The van der Waals surface area contributed by atoms with Crippen LogP contribution in [0.2, 0.25) is 0 Å². The summed E-state index contributed by atoms with van der Waals surface area (Å²) in [6, 6.07) is 1.78.